The van der Waals surface area contributed by atoms with Crippen LogP contribution in [0.25, 0.3) is 0 Å². The Kier molecular flexibility index (Phi) is 9.43. The topological polar surface area (TPSA) is 93.2 Å². The number of carbonyl (C=O) groups is 4. The molecule has 0 N–H and O–H groups in total. The van der Waals surface area contributed by atoms with Crippen molar-refractivity contribution in [2.75, 3.05) is 39.4 Å². The lowest BCUT2D eigenvalue weighted by Crippen LogP contribution is -2.38. The summed E-state index contributed by atoms with van der Waals surface area (Å²) in [6.07, 6.45) is 5.95. The minimum Gasteiger partial charge on any atom is -0.452 e. The molecule has 2 aliphatic heterocycles. The van der Waals surface area contributed by atoms with Gasteiger partial charge >= 0.3 is 11.9 Å². The molecule has 0 bridgehead atoms. The summed E-state index contributed by atoms with van der Waals surface area (Å²) in [5, 5.41) is 0. The minimum absolute atomic E-state index is 0.200. The van der Waals surface area contributed by atoms with Gasteiger partial charge < -0.3 is 19.3 Å². The highest BCUT2D eigenvalue weighted by Gasteiger charge is 2.24. The Balaban J connectivity index is 1.79. The number of likely N-dealkylation sites (tertiary alicyclic amines) is 2. The van der Waals surface area contributed by atoms with Crippen LogP contribution in [0.1, 0.15) is 38.5 Å². The molecule has 0 radical (unpaired) electrons. The maximum absolute atomic E-state index is 12.1. The molecule has 0 unspecified atom stereocenters. The lowest BCUT2D eigenvalue weighted by molar-refractivity contribution is -0.150. The highest BCUT2D eigenvalue weighted by atomic mass is 79.9. The molecule has 28 heavy (non-hydrogen) atoms. The smallest absolute Gasteiger partial charge is 0.347 e. The fourth-order valence-corrected chi connectivity index (χ4v) is 3.58. The van der Waals surface area contributed by atoms with E-state index < -0.39 is 25.2 Å². The monoisotopic (exact) mass is 522 g/mol. The van der Waals surface area contributed by atoms with E-state index in [0.717, 1.165) is 38.5 Å². The van der Waals surface area contributed by atoms with Crippen molar-refractivity contribution in [2.24, 2.45) is 0 Å². The van der Waals surface area contributed by atoms with Crippen LogP contribution in [0.2, 0.25) is 0 Å². The Morgan fingerprint density at radius 1 is 0.607 bits per heavy atom. The number of esters is 2. The van der Waals surface area contributed by atoms with Crippen LogP contribution in [0, 0.1) is 0 Å². The number of hydrogen-bond acceptors (Lipinski definition) is 6. The largest absolute Gasteiger partial charge is 0.452 e. The van der Waals surface area contributed by atoms with E-state index in [1.807, 2.05) is 0 Å². The Bertz CT molecular complexity index is 586. The second kappa shape index (κ2) is 11.5. The number of hydrogen-bond donors (Lipinski definition) is 0. The number of nitrogens with zero attached hydrogens (tertiary/aromatic N) is 2. The molecule has 0 spiro atoms. The van der Waals surface area contributed by atoms with Gasteiger partial charge in [-0.2, -0.15) is 0 Å². The first kappa shape index (κ1) is 22.9. The predicted octanol–water partition coefficient (Wildman–Crippen LogP) is 2.10. The number of ether oxygens (including phenoxy) is 2. The first-order valence-electron chi connectivity index (χ1n) is 9.35. The van der Waals surface area contributed by atoms with Gasteiger partial charge in [-0.25, -0.2) is 9.59 Å². The second-order valence-electron chi connectivity index (χ2n) is 6.66. The third kappa shape index (κ3) is 6.88. The minimum atomic E-state index is -0.864. The maximum Gasteiger partial charge on any atom is 0.347 e. The summed E-state index contributed by atoms with van der Waals surface area (Å²) in [6, 6.07) is 0. The molecule has 2 fully saturated rings. The van der Waals surface area contributed by atoms with Crippen LogP contribution in [0.3, 0.4) is 0 Å². The lowest BCUT2D eigenvalue weighted by Gasteiger charge is -2.26. The second-order valence-corrected chi connectivity index (χ2v) is 8.25. The van der Waals surface area contributed by atoms with Crippen LogP contribution in [0.15, 0.2) is 8.96 Å². The summed E-state index contributed by atoms with van der Waals surface area (Å²) in [5.74, 6) is -2.26. The van der Waals surface area contributed by atoms with Gasteiger partial charge in [0, 0.05) is 26.2 Å². The van der Waals surface area contributed by atoms with Gasteiger partial charge in [0.15, 0.2) is 13.2 Å². The normalized spacial score (nSPS) is 18.2. The van der Waals surface area contributed by atoms with Crippen molar-refractivity contribution in [1.29, 1.82) is 0 Å². The zero-order valence-electron chi connectivity index (χ0n) is 15.6. The summed E-state index contributed by atoms with van der Waals surface area (Å²) in [4.78, 5) is 51.5. The molecule has 0 atom stereocenters. The van der Waals surface area contributed by atoms with E-state index in [-0.39, 0.29) is 20.8 Å². The average Bonchev–Trinajstić information content (AvgIpc) is 2.75. The fraction of sp³-hybridized carbons (Fsp3) is 0.667. The lowest BCUT2D eigenvalue weighted by atomic mass is 10.1. The van der Waals surface area contributed by atoms with E-state index >= 15 is 0 Å². The third-order valence-corrected chi connectivity index (χ3v) is 6.59. The van der Waals surface area contributed by atoms with Crippen LogP contribution in [0.5, 0.6) is 0 Å². The van der Waals surface area contributed by atoms with Crippen LogP contribution in [0.4, 0.5) is 0 Å². The van der Waals surface area contributed by atoms with E-state index in [1.165, 1.54) is 0 Å². The number of piperidine rings is 2. The van der Waals surface area contributed by atoms with E-state index in [4.69, 9.17) is 9.47 Å². The van der Waals surface area contributed by atoms with Gasteiger partial charge in [-0.15, -0.1) is 0 Å². The van der Waals surface area contributed by atoms with Gasteiger partial charge in [-0.3, -0.25) is 9.59 Å². The van der Waals surface area contributed by atoms with Crippen molar-refractivity contribution >= 4 is 55.6 Å². The molecule has 0 aromatic heterocycles. The van der Waals surface area contributed by atoms with E-state index in [1.54, 1.807) is 9.80 Å². The zero-order chi connectivity index (χ0) is 20.5. The first-order chi connectivity index (χ1) is 13.4. The van der Waals surface area contributed by atoms with Crippen molar-refractivity contribution in [3.63, 3.8) is 0 Å². The zero-order valence-corrected chi connectivity index (χ0v) is 18.8. The van der Waals surface area contributed by atoms with Crippen molar-refractivity contribution in [3.05, 3.63) is 8.96 Å². The Labute approximate surface area is 180 Å². The van der Waals surface area contributed by atoms with E-state index in [0.29, 0.717) is 26.2 Å². The standard InChI is InChI=1S/C18H24Br2N2O6/c19-15(17(25)27-11-13(23)21-7-3-1-4-8-21)16(20)18(26)28-12-14(24)22-9-5-2-6-10-22/h1-12H2/b16-15+. The van der Waals surface area contributed by atoms with Crippen LogP contribution >= 0.6 is 31.9 Å². The van der Waals surface area contributed by atoms with Gasteiger partial charge in [0.25, 0.3) is 11.8 Å². The van der Waals surface area contributed by atoms with Crippen LogP contribution in [-0.4, -0.2) is 72.9 Å². The van der Waals surface area contributed by atoms with Crippen molar-refractivity contribution in [2.45, 2.75) is 38.5 Å². The van der Waals surface area contributed by atoms with E-state index in [2.05, 4.69) is 31.9 Å². The molecular weight excluding hydrogens is 500 g/mol. The average molecular weight is 524 g/mol. The summed E-state index contributed by atoms with van der Waals surface area (Å²) in [6.45, 7) is 1.86. The molecule has 0 saturated carbocycles. The predicted molar refractivity (Wildman–Crippen MR) is 108 cm³/mol. The molecule has 2 amide bonds. The first-order valence-corrected chi connectivity index (χ1v) is 10.9. The van der Waals surface area contributed by atoms with Crippen LogP contribution < -0.4 is 0 Å². The number of halogens is 2. The molecule has 8 nitrogen and oxygen atoms in total. The number of rotatable bonds is 6. The molecule has 2 rings (SSSR count). The van der Waals surface area contributed by atoms with E-state index in [9.17, 15) is 19.2 Å². The Hall–Kier alpha value is -1.42. The van der Waals surface area contributed by atoms with Gasteiger partial charge in [-0.1, -0.05) is 0 Å². The number of carbonyl (C=O) groups excluding carboxylic acids is 4. The molecular formula is C18H24Br2N2O6. The SMILES string of the molecule is O=C(OCC(=O)N1CCCCC1)/C(Br)=C(\Br)C(=O)OCC(=O)N1CCCCC1. The van der Waals surface area contributed by atoms with Crippen molar-refractivity contribution in [3.8, 4) is 0 Å². The highest BCUT2D eigenvalue weighted by Crippen LogP contribution is 2.21. The quantitative estimate of drug-likeness (QED) is 0.391. The Morgan fingerprint density at radius 3 is 1.25 bits per heavy atom. The molecule has 0 aliphatic carbocycles. The van der Waals surface area contributed by atoms with Gasteiger partial charge in [0.1, 0.15) is 8.96 Å². The highest BCUT2D eigenvalue weighted by molar-refractivity contribution is 9.14. The number of amides is 2. The van der Waals surface area contributed by atoms with Gasteiger partial charge in [0.2, 0.25) is 0 Å². The maximum atomic E-state index is 12.1. The summed E-state index contributed by atoms with van der Waals surface area (Å²) in [7, 11) is 0. The van der Waals surface area contributed by atoms with Crippen molar-refractivity contribution in [1.82, 2.24) is 9.80 Å². The van der Waals surface area contributed by atoms with Gasteiger partial charge in [-0.05, 0) is 70.4 Å². The molecule has 2 aliphatic rings. The molecule has 0 aromatic carbocycles. The summed E-state index contributed by atoms with van der Waals surface area (Å²) >= 11 is 5.95. The fourth-order valence-electron chi connectivity index (χ4n) is 3.03. The molecule has 2 heterocycles. The van der Waals surface area contributed by atoms with Gasteiger partial charge in [0.05, 0.1) is 0 Å². The summed E-state index contributed by atoms with van der Waals surface area (Å²) in [5.41, 5.74) is 0. The molecule has 10 heteroatoms. The third-order valence-electron chi connectivity index (χ3n) is 4.62. The Morgan fingerprint density at radius 2 is 0.929 bits per heavy atom. The van der Waals surface area contributed by atoms with Crippen molar-refractivity contribution < 1.29 is 28.7 Å². The molecule has 156 valence electrons. The molecule has 2 saturated heterocycles. The van der Waals surface area contributed by atoms with Crippen LogP contribution in [-0.2, 0) is 28.7 Å². The molecule has 0 aromatic rings. The summed E-state index contributed by atoms with van der Waals surface area (Å²) < 4.78 is 9.53.